The maximum absolute atomic E-state index is 13.3. The molecule has 1 aromatic heterocycles. The highest BCUT2D eigenvalue weighted by Crippen LogP contribution is 2.25. The molecule has 0 fully saturated rings. The number of rotatable bonds is 4. The fourth-order valence-corrected chi connectivity index (χ4v) is 2.35. The number of carboxylic acid groups (broad SMARTS) is 1. The summed E-state index contributed by atoms with van der Waals surface area (Å²) < 4.78 is 14.7. The quantitative estimate of drug-likeness (QED) is 0.721. The molecule has 7 heteroatoms. The van der Waals surface area contributed by atoms with E-state index in [-0.39, 0.29) is 18.1 Å². The molecule has 116 valence electrons. The lowest BCUT2D eigenvalue weighted by Gasteiger charge is -2.08. The average Bonchev–Trinajstić information content (AvgIpc) is 2.91. The zero-order valence-corrected chi connectivity index (χ0v) is 12.0. The number of aromatic carboxylic acids is 1. The Kier molecular flexibility index (Phi) is 3.76. The first-order valence-electron chi connectivity index (χ1n) is 6.82. The van der Waals surface area contributed by atoms with Crippen molar-refractivity contribution in [1.29, 1.82) is 0 Å². The van der Waals surface area contributed by atoms with Gasteiger partial charge in [-0.15, -0.1) is 5.10 Å². The number of aromatic nitrogens is 3. The summed E-state index contributed by atoms with van der Waals surface area (Å²) in [6.07, 6.45) is 0. The Labute approximate surface area is 131 Å². The predicted octanol–water partition coefficient (Wildman–Crippen LogP) is 2.41. The van der Waals surface area contributed by atoms with Gasteiger partial charge in [0.1, 0.15) is 11.5 Å². The van der Waals surface area contributed by atoms with Crippen molar-refractivity contribution in [2.45, 2.75) is 6.54 Å². The molecule has 1 heterocycles. The molecule has 0 radical (unpaired) electrons. The van der Waals surface area contributed by atoms with Gasteiger partial charge in [-0.2, -0.15) is 0 Å². The van der Waals surface area contributed by atoms with E-state index in [4.69, 9.17) is 5.73 Å². The van der Waals surface area contributed by atoms with Crippen molar-refractivity contribution in [2.24, 2.45) is 0 Å². The van der Waals surface area contributed by atoms with Crippen LogP contribution in [0.5, 0.6) is 0 Å². The Bertz CT molecular complexity index is 876. The van der Waals surface area contributed by atoms with Gasteiger partial charge in [0, 0.05) is 11.3 Å². The van der Waals surface area contributed by atoms with Crippen LogP contribution in [0.1, 0.15) is 16.1 Å². The van der Waals surface area contributed by atoms with Gasteiger partial charge in [-0.3, -0.25) is 0 Å². The highest BCUT2D eigenvalue weighted by atomic mass is 19.1. The molecule has 2 aromatic carbocycles. The number of carboxylic acids is 1. The van der Waals surface area contributed by atoms with Crippen LogP contribution in [0.3, 0.4) is 0 Å². The van der Waals surface area contributed by atoms with Crippen LogP contribution in [0.25, 0.3) is 11.3 Å². The van der Waals surface area contributed by atoms with E-state index in [9.17, 15) is 14.3 Å². The number of nitrogens with two attached hydrogens (primary N) is 1. The molecule has 0 aliphatic heterocycles. The second kappa shape index (κ2) is 5.88. The summed E-state index contributed by atoms with van der Waals surface area (Å²) >= 11 is 0. The minimum absolute atomic E-state index is 0.174. The lowest BCUT2D eigenvalue weighted by Crippen LogP contribution is -2.06. The fourth-order valence-electron chi connectivity index (χ4n) is 2.35. The second-order valence-corrected chi connectivity index (χ2v) is 5.00. The third kappa shape index (κ3) is 3.03. The van der Waals surface area contributed by atoms with Gasteiger partial charge in [0.15, 0.2) is 5.69 Å². The van der Waals surface area contributed by atoms with Crippen molar-refractivity contribution < 1.29 is 14.3 Å². The Hall–Kier alpha value is -3.22. The standard InChI is InChI=1S/C16H13FN4O2/c17-12-5-1-3-10(7-12)9-21-15(14(16(22)23)19-20-21)11-4-2-6-13(18)8-11/h1-8H,9,18H2,(H,22,23). The first kappa shape index (κ1) is 14.7. The molecule has 3 aromatic rings. The molecule has 0 spiro atoms. The van der Waals surface area contributed by atoms with Crippen molar-refractivity contribution in [1.82, 2.24) is 15.0 Å². The average molecular weight is 312 g/mol. The largest absolute Gasteiger partial charge is 0.476 e. The zero-order chi connectivity index (χ0) is 16.4. The van der Waals surface area contributed by atoms with E-state index in [1.54, 1.807) is 36.4 Å². The number of benzene rings is 2. The SMILES string of the molecule is Nc1cccc(-c2c(C(=O)O)nnn2Cc2cccc(F)c2)c1. The summed E-state index contributed by atoms with van der Waals surface area (Å²) in [7, 11) is 0. The van der Waals surface area contributed by atoms with Crippen molar-refractivity contribution in [3.63, 3.8) is 0 Å². The van der Waals surface area contributed by atoms with Gasteiger partial charge in [-0.25, -0.2) is 13.9 Å². The molecule has 0 saturated heterocycles. The van der Waals surface area contributed by atoms with Crippen LogP contribution in [-0.4, -0.2) is 26.1 Å². The van der Waals surface area contributed by atoms with E-state index in [2.05, 4.69) is 10.3 Å². The summed E-state index contributed by atoms with van der Waals surface area (Å²) in [6, 6.07) is 12.8. The third-order valence-corrected chi connectivity index (χ3v) is 3.32. The maximum atomic E-state index is 13.3. The first-order chi connectivity index (χ1) is 11.0. The van der Waals surface area contributed by atoms with Crippen LogP contribution in [0.2, 0.25) is 0 Å². The maximum Gasteiger partial charge on any atom is 0.358 e. The summed E-state index contributed by atoms with van der Waals surface area (Å²) in [6.45, 7) is 0.197. The Balaban J connectivity index is 2.09. The minimum Gasteiger partial charge on any atom is -0.476 e. The molecule has 3 N–H and O–H groups in total. The van der Waals surface area contributed by atoms with Crippen LogP contribution < -0.4 is 5.73 Å². The zero-order valence-electron chi connectivity index (χ0n) is 12.0. The van der Waals surface area contributed by atoms with Gasteiger partial charge in [-0.1, -0.05) is 29.5 Å². The van der Waals surface area contributed by atoms with Crippen LogP contribution in [0, 0.1) is 5.82 Å². The van der Waals surface area contributed by atoms with E-state index in [1.807, 2.05) is 0 Å². The smallest absolute Gasteiger partial charge is 0.358 e. The Morgan fingerprint density at radius 2 is 2.00 bits per heavy atom. The van der Waals surface area contributed by atoms with Gasteiger partial charge in [0.25, 0.3) is 0 Å². The third-order valence-electron chi connectivity index (χ3n) is 3.32. The second-order valence-electron chi connectivity index (χ2n) is 5.00. The van der Waals surface area contributed by atoms with Gasteiger partial charge >= 0.3 is 5.97 Å². The number of carbonyl (C=O) groups is 1. The lowest BCUT2D eigenvalue weighted by molar-refractivity contribution is 0.0691. The number of hydrogen-bond donors (Lipinski definition) is 2. The molecule has 0 bridgehead atoms. The predicted molar refractivity (Wildman–Crippen MR) is 82.3 cm³/mol. The van der Waals surface area contributed by atoms with Crippen molar-refractivity contribution in [2.75, 3.05) is 5.73 Å². The molecule has 0 aliphatic carbocycles. The van der Waals surface area contributed by atoms with Crippen molar-refractivity contribution in [3.8, 4) is 11.3 Å². The fraction of sp³-hybridized carbons (Fsp3) is 0.0625. The number of nitrogens with zero attached hydrogens (tertiary/aromatic N) is 3. The van der Waals surface area contributed by atoms with E-state index >= 15 is 0 Å². The summed E-state index contributed by atoms with van der Waals surface area (Å²) in [5.41, 5.74) is 7.65. The molecule has 3 rings (SSSR count). The molecule has 0 aliphatic rings. The number of hydrogen-bond acceptors (Lipinski definition) is 4. The summed E-state index contributed by atoms with van der Waals surface area (Å²) in [5.74, 6) is -1.56. The molecule has 23 heavy (non-hydrogen) atoms. The van der Waals surface area contributed by atoms with E-state index in [1.165, 1.54) is 16.8 Å². The van der Waals surface area contributed by atoms with Gasteiger partial charge in [0.2, 0.25) is 0 Å². The van der Waals surface area contributed by atoms with Gasteiger partial charge in [-0.05, 0) is 29.8 Å². The Morgan fingerprint density at radius 1 is 1.22 bits per heavy atom. The minimum atomic E-state index is -1.19. The lowest BCUT2D eigenvalue weighted by atomic mass is 10.1. The van der Waals surface area contributed by atoms with Crippen LogP contribution in [0.15, 0.2) is 48.5 Å². The van der Waals surface area contributed by atoms with Crippen molar-refractivity contribution >= 4 is 11.7 Å². The monoisotopic (exact) mass is 312 g/mol. The molecular formula is C16H13FN4O2. The van der Waals surface area contributed by atoms with E-state index in [0.717, 1.165) is 0 Å². The molecular weight excluding hydrogens is 299 g/mol. The summed E-state index contributed by atoms with van der Waals surface area (Å²) in [5, 5.41) is 16.9. The highest BCUT2D eigenvalue weighted by Gasteiger charge is 2.20. The number of anilines is 1. The van der Waals surface area contributed by atoms with E-state index < -0.39 is 5.97 Å². The number of nitrogen functional groups attached to an aromatic ring is 1. The van der Waals surface area contributed by atoms with Gasteiger partial charge in [0.05, 0.1) is 6.54 Å². The van der Waals surface area contributed by atoms with Crippen LogP contribution >= 0.6 is 0 Å². The normalized spacial score (nSPS) is 10.7. The van der Waals surface area contributed by atoms with E-state index in [0.29, 0.717) is 22.5 Å². The van der Waals surface area contributed by atoms with Crippen molar-refractivity contribution in [3.05, 3.63) is 65.6 Å². The highest BCUT2D eigenvalue weighted by molar-refractivity contribution is 5.92. The Morgan fingerprint density at radius 3 is 2.70 bits per heavy atom. The van der Waals surface area contributed by atoms with Gasteiger partial charge < -0.3 is 10.8 Å². The first-order valence-corrected chi connectivity index (χ1v) is 6.82. The van der Waals surface area contributed by atoms with Crippen LogP contribution in [-0.2, 0) is 6.54 Å². The van der Waals surface area contributed by atoms with Crippen LogP contribution in [0.4, 0.5) is 10.1 Å². The molecule has 0 atom stereocenters. The number of halogens is 1. The molecule has 0 saturated carbocycles. The topological polar surface area (TPSA) is 94.0 Å². The molecule has 0 amide bonds. The molecule has 6 nitrogen and oxygen atoms in total. The molecule has 0 unspecified atom stereocenters. The summed E-state index contributed by atoms with van der Waals surface area (Å²) in [4.78, 5) is 11.4.